The van der Waals surface area contributed by atoms with Crippen molar-refractivity contribution in [3.05, 3.63) is 34.3 Å². The van der Waals surface area contributed by atoms with Gasteiger partial charge < -0.3 is 15.5 Å². The summed E-state index contributed by atoms with van der Waals surface area (Å²) in [5.41, 5.74) is 1.60. The van der Waals surface area contributed by atoms with Crippen molar-refractivity contribution in [3.8, 4) is 0 Å². The van der Waals surface area contributed by atoms with E-state index in [0.29, 0.717) is 6.04 Å². The van der Waals surface area contributed by atoms with E-state index in [1.807, 2.05) is 25.8 Å². The summed E-state index contributed by atoms with van der Waals surface area (Å²) in [6.45, 7) is 6.48. The number of piperidine rings is 1. The molecule has 1 aliphatic heterocycles. The first-order valence-electron chi connectivity index (χ1n) is 9.96. The predicted octanol–water partition coefficient (Wildman–Crippen LogP) is 3.91. The Balaban J connectivity index is 0.00000280. The van der Waals surface area contributed by atoms with Gasteiger partial charge in [0.1, 0.15) is 0 Å². The molecule has 1 aromatic carbocycles. The number of amides is 1. The van der Waals surface area contributed by atoms with Crippen LogP contribution in [0.3, 0.4) is 0 Å². The lowest BCUT2D eigenvalue weighted by Crippen LogP contribution is -2.51. The summed E-state index contributed by atoms with van der Waals surface area (Å²) in [5, 5.41) is 7.08. The highest BCUT2D eigenvalue weighted by Gasteiger charge is 2.45. The number of hydrogen-bond donors (Lipinski definition) is 2. The number of guanidine groups is 1. The van der Waals surface area contributed by atoms with Crippen molar-refractivity contribution in [2.45, 2.75) is 51.0 Å². The third-order valence-corrected chi connectivity index (χ3v) is 6.45. The van der Waals surface area contributed by atoms with E-state index in [1.165, 1.54) is 22.9 Å². The fourth-order valence-electron chi connectivity index (χ4n) is 3.83. The number of benzene rings is 1. The molecule has 3 rings (SSSR count). The van der Waals surface area contributed by atoms with Crippen LogP contribution in [0.4, 0.5) is 0 Å². The molecule has 0 radical (unpaired) electrons. The van der Waals surface area contributed by atoms with Crippen LogP contribution in [0.1, 0.15) is 45.1 Å². The predicted molar refractivity (Wildman–Crippen MR) is 129 cm³/mol. The molecule has 0 unspecified atom stereocenters. The summed E-state index contributed by atoms with van der Waals surface area (Å²) in [5.74, 6) is 1.21. The van der Waals surface area contributed by atoms with E-state index in [4.69, 9.17) is 0 Å². The largest absolute Gasteiger partial charge is 0.356 e. The molecule has 1 aliphatic carbocycles. The Morgan fingerprint density at radius 2 is 1.93 bits per heavy atom. The molecule has 0 aromatic heterocycles. The van der Waals surface area contributed by atoms with Crippen LogP contribution in [-0.4, -0.2) is 49.5 Å². The molecule has 28 heavy (non-hydrogen) atoms. The maximum absolute atomic E-state index is 12.1. The van der Waals surface area contributed by atoms with Gasteiger partial charge in [0.05, 0.1) is 0 Å². The Morgan fingerprint density at radius 1 is 1.29 bits per heavy atom. The number of nitrogens with zero attached hydrogens (tertiary/aromatic N) is 2. The number of carbonyl (C=O) groups excluding carboxylic acids is 1. The Labute approximate surface area is 194 Å². The zero-order valence-corrected chi connectivity index (χ0v) is 20.9. The van der Waals surface area contributed by atoms with Crippen LogP contribution in [0.5, 0.6) is 0 Å². The summed E-state index contributed by atoms with van der Waals surface area (Å²) < 4.78 is 1.19. The van der Waals surface area contributed by atoms with E-state index in [2.05, 4.69) is 55.8 Å². The Kier molecular flexibility index (Phi) is 8.60. The highest BCUT2D eigenvalue weighted by Crippen LogP contribution is 2.49. The fraction of sp³-hybridized carbons (Fsp3) is 0.619. The van der Waals surface area contributed by atoms with Gasteiger partial charge in [0.25, 0.3) is 0 Å². The molecule has 1 saturated heterocycles. The van der Waals surface area contributed by atoms with E-state index < -0.39 is 0 Å². The van der Waals surface area contributed by atoms with Crippen molar-refractivity contribution in [3.63, 3.8) is 0 Å². The van der Waals surface area contributed by atoms with Crippen LogP contribution in [0, 0.1) is 5.92 Å². The summed E-state index contributed by atoms with van der Waals surface area (Å²) in [7, 11) is 1.82. The van der Waals surface area contributed by atoms with Gasteiger partial charge in [-0.25, -0.2) is 0 Å². The van der Waals surface area contributed by atoms with E-state index in [9.17, 15) is 4.79 Å². The minimum Gasteiger partial charge on any atom is -0.356 e. The third kappa shape index (κ3) is 5.62. The average Bonchev–Trinajstić information content (AvgIpc) is 3.46. The van der Waals surface area contributed by atoms with E-state index in [-0.39, 0.29) is 41.2 Å². The fourth-order valence-corrected chi connectivity index (χ4v) is 4.54. The molecule has 2 aliphatic rings. The summed E-state index contributed by atoms with van der Waals surface area (Å²) in [4.78, 5) is 18.5. The highest BCUT2D eigenvalue weighted by atomic mass is 127. The smallest absolute Gasteiger partial charge is 0.225 e. The summed E-state index contributed by atoms with van der Waals surface area (Å²) in [6.07, 6.45) is 4.34. The molecule has 156 valence electrons. The van der Waals surface area contributed by atoms with Crippen LogP contribution in [0.2, 0.25) is 0 Å². The lowest BCUT2D eigenvalue weighted by atomic mass is 9.96. The monoisotopic (exact) mass is 562 g/mol. The second-order valence-electron chi connectivity index (χ2n) is 8.08. The second-order valence-corrected chi connectivity index (χ2v) is 8.94. The molecule has 1 aromatic rings. The third-order valence-electron chi connectivity index (χ3n) is 5.76. The van der Waals surface area contributed by atoms with Crippen molar-refractivity contribution in [2.24, 2.45) is 10.9 Å². The number of rotatable bonds is 5. The number of hydrogen-bond acceptors (Lipinski definition) is 2. The lowest BCUT2D eigenvalue weighted by Gasteiger charge is -2.34. The molecule has 0 atom stereocenters. The molecule has 1 amide bonds. The number of aliphatic imine (C=N–C) groups is 1. The van der Waals surface area contributed by atoms with Gasteiger partial charge in [0.15, 0.2) is 5.96 Å². The van der Waals surface area contributed by atoms with Gasteiger partial charge in [-0.15, -0.1) is 24.0 Å². The Hall–Kier alpha value is -0.830. The zero-order chi connectivity index (χ0) is 19.4. The number of likely N-dealkylation sites (tertiary alicyclic amines) is 1. The van der Waals surface area contributed by atoms with Gasteiger partial charge in [-0.2, -0.15) is 0 Å². The van der Waals surface area contributed by atoms with Crippen molar-refractivity contribution < 1.29 is 4.79 Å². The lowest BCUT2D eigenvalue weighted by molar-refractivity contribution is -0.135. The number of halogens is 2. The molecule has 2 fully saturated rings. The molecular formula is C21H32BrIN4O. The van der Waals surface area contributed by atoms with Gasteiger partial charge in [-0.3, -0.25) is 9.79 Å². The molecule has 0 spiro atoms. The zero-order valence-electron chi connectivity index (χ0n) is 17.0. The van der Waals surface area contributed by atoms with Gasteiger partial charge in [-0.05, 0) is 37.3 Å². The molecular weight excluding hydrogens is 531 g/mol. The first-order valence-corrected chi connectivity index (χ1v) is 10.8. The first kappa shape index (κ1) is 23.4. The van der Waals surface area contributed by atoms with Crippen LogP contribution >= 0.6 is 39.9 Å². The van der Waals surface area contributed by atoms with Crippen molar-refractivity contribution >= 4 is 51.8 Å². The minimum absolute atomic E-state index is 0. The standard InChI is InChI=1S/C21H31BrN4O.HI/c1-15(2)19(27)26-12-8-16(9-13-26)25-20(23-3)24-14-21(10-11-21)17-6-4-5-7-18(17)22;/h4-7,15-16H,8-14H2,1-3H3,(H2,23,24,25);1H. The van der Waals surface area contributed by atoms with Gasteiger partial charge in [0.2, 0.25) is 5.91 Å². The molecule has 2 N–H and O–H groups in total. The van der Waals surface area contributed by atoms with Crippen molar-refractivity contribution in [1.29, 1.82) is 0 Å². The maximum atomic E-state index is 12.1. The minimum atomic E-state index is 0. The quantitative estimate of drug-likeness (QED) is 0.325. The van der Waals surface area contributed by atoms with Crippen LogP contribution in [-0.2, 0) is 10.2 Å². The first-order chi connectivity index (χ1) is 12.9. The van der Waals surface area contributed by atoms with E-state index in [1.54, 1.807) is 0 Å². The summed E-state index contributed by atoms with van der Waals surface area (Å²) >= 11 is 3.70. The second kappa shape index (κ2) is 10.3. The van der Waals surface area contributed by atoms with Crippen molar-refractivity contribution in [1.82, 2.24) is 15.5 Å². The molecule has 0 bridgehead atoms. The molecule has 5 nitrogen and oxygen atoms in total. The van der Waals surface area contributed by atoms with Crippen LogP contribution < -0.4 is 10.6 Å². The van der Waals surface area contributed by atoms with Gasteiger partial charge in [-0.1, -0.05) is 48.0 Å². The maximum Gasteiger partial charge on any atom is 0.225 e. The highest BCUT2D eigenvalue weighted by molar-refractivity contribution is 14.0. The van der Waals surface area contributed by atoms with E-state index in [0.717, 1.165) is 38.4 Å². The topological polar surface area (TPSA) is 56.7 Å². The molecule has 1 saturated carbocycles. The van der Waals surface area contributed by atoms with Gasteiger partial charge in [0, 0.05) is 48.5 Å². The Morgan fingerprint density at radius 3 is 2.46 bits per heavy atom. The average molecular weight is 563 g/mol. The number of carbonyl (C=O) groups is 1. The summed E-state index contributed by atoms with van der Waals surface area (Å²) in [6, 6.07) is 8.88. The molecule has 7 heteroatoms. The SMILES string of the molecule is CN=C(NCC1(c2ccccc2Br)CC1)NC1CCN(C(=O)C(C)C)CC1.I. The Bertz CT molecular complexity index is 697. The normalized spacial score (nSPS) is 19.2. The van der Waals surface area contributed by atoms with Crippen LogP contribution in [0.15, 0.2) is 33.7 Å². The van der Waals surface area contributed by atoms with Gasteiger partial charge >= 0.3 is 0 Å². The number of nitrogens with one attached hydrogen (secondary N) is 2. The van der Waals surface area contributed by atoms with Crippen LogP contribution in [0.25, 0.3) is 0 Å². The van der Waals surface area contributed by atoms with E-state index >= 15 is 0 Å². The van der Waals surface area contributed by atoms with Crippen molar-refractivity contribution in [2.75, 3.05) is 26.7 Å². The molecule has 1 heterocycles.